The van der Waals surface area contributed by atoms with E-state index in [4.69, 9.17) is 0 Å². The smallest absolute Gasteiger partial charge is 0.324 e. The Morgan fingerprint density at radius 1 is 1.31 bits per heavy atom. The third kappa shape index (κ3) is 2.40. The molecule has 3 heteroatoms. The molecule has 1 atom stereocenters. The van der Waals surface area contributed by atoms with E-state index in [0.29, 0.717) is 5.92 Å². The molecule has 0 radical (unpaired) electrons. The number of hydrogen-bond donors (Lipinski definition) is 1. The van der Waals surface area contributed by atoms with Gasteiger partial charge in [-0.1, -0.05) is 38.1 Å². The molecule has 1 N–H and O–H groups in total. The van der Waals surface area contributed by atoms with Gasteiger partial charge in [0.2, 0.25) is 0 Å². The lowest BCUT2D eigenvalue weighted by Gasteiger charge is -2.23. The van der Waals surface area contributed by atoms with E-state index in [9.17, 15) is 9.90 Å². The van der Waals surface area contributed by atoms with Gasteiger partial charge >= 0.3 is 5.97 Å². The summed E-state index contributed by atoms with van der Waals surface area (Å²) in [6.07, 6.45) is 1.82. The van der Waals surface area contributed by atoms with E-state index in [2.05, 4.69) is 13.8 Å². The van der Waals surface area contributed by atoms with Crippen molar-refractivity contribution in [1.82, 2.24) is 0 Å². The molecule has 0 spiro atoms. The molecule has 88 valence electrons. The van der Waals surface area contributed by atoms with Crippen molar-refractivity contribution in [2.24, 2.45) is 0 Å². The monoisotopic (exact) mass is 238 g/mol. The van der Waals surface area contributed by atoms with Gasteiger partial charge < -0.3 is 5.11 Å². The highest BCUT2D eigenvalue weighted by Crippen LogP contribution is 2.35. The summed E-state index contributed by atoms with van der Waals surface area (Å²) in [4.78, 5) is 11.3. The van der Waals surface area contributed by atoms with E-state index in [1.165, 1.54) is 17.3 Å². The molecular weight excluding hydrogens is 220 g/mol. The second-order valence-corrected chi connectivity index (χ2v) is 5.54. The maximum Gasteiger partial charge on any atom is 0.324 e. The Morgan fingerprint density at radius 2 is 1.81 bits per heavy atom. The first-order valence-corrected chi connectivity index (χ1v) is 6.53. The number of rotatable bonds is 4. The average Bonchev–Trinajstić information content (AvgIpc) is 2.27. The first kappa shape index (κ1) is 13.1. The molecule has 1 aromatic rings. The standard InChI is InChI=1S/C13H18O2S/c1-9(2)10-5-7-11(8-6-10)13(3,16-4)12(14)15/h5-9H,1-4H3,(H,14,15). The predicted molar refractivity (Wildman–Crippen MR) is 69.0 cm³/mol. The number of carboxylic acid groups (broad SMARTS) is 1. The van der Waals surface area contributed by atoms with Crippen LogP contribution in [0.3, 0.4) is 0 Å². The Balaban J connectivity index is 3.09. The second-order valence-electron chi connectivity index (χ2n) is 4.32. The quantitative estimate of drug-likeness (QED) is 0.872. The van der Waals surface area contributed by atoms with E-state index < -0.39 is 10.7 Å². The van der Waals surface area contributed by atoms with E-state index in [-0.39, 0.29) is 0 Å². The van der Waals surface area contributed by atoms with Gasteiger partial charge in [-0.3, -0.25) is 4.79 Å². The molecule has 2 nitrogen and oxygen atoms in total. The van der Waals surface area contributed by atoms with Gasteiger partial charge in [0, 0.05) is 0 Å². The van der Waals surface area contributed by atoms with Crippen LogP contribution in [0.1, 0.15) is 37.8 Å². The molecule has 0 aliphatic heterocycles. The first-order chi connectivity index (χ1) is 7.41. The van der Waals surface area contributed by atoms with Crippen LogP contribution in [0.5, 0.6) is 0 Å². The van der Waals surface area contributed by atoms with Gasteiger partial charge in [0.15, 0.2) is 0 Å². The van der Waals surface area contributed by atoms with Crippen molar-refractivity contribution in [2.45, 2.75) is 31.4 Å². The summed E-state index contributed by atoms with van der Waals surface area (Å²) >= 11 is 1.35. The van der Waals surface area contributed by atoms with Crippen LogP contribution in [-0.2, 0) is 9.54 Å². The maximum atomic E-state index is 11.3. The number of carbonyl (C=O) groups is 1. The summed E-state index contributed by atoms with van der Waals surface area (Å²) in [5.74, 6) is -0.322. The predicted octanol–water partition coefficient (Wildman–Crippen LogP) is 3.47. The lowest BCUT2D eigenvalue weighted by atomic mass is 9.96. The summed E-state index contributed by atoms with van der Waals surface area (Å²) in [5, 5.41) is 9.24. The summed E-state index contributed by atoms with van der Waals surface area (Å²) in [6.45, 7) is 5.99. The van der Waals surface area contributed by atoms with Crippen LogP contribution in [0.15, 0.2) is 24.3 Å². The Labute approximate surface area is 101 Å². The molecule has 1 unspecified atom stereocenters. The largest absolute Gasteiger partial charge is 0.480 e. The molecule has 0 saturated heterocycles. The Morgan fingerprint density at radius 3 is 2.12 bits per heavy atom. The zero-order valence-electron chi connectivity index (χ0n) is 10.2. The van der Waals surface area contributed by atoms with Gasteiger partial charge in [-0.05, 0) is 30.2 Å². The van der Waals surface area contributed by atoms with Gasteiger partial charge in [0.05, 0.1) is 0 Å². The molecule has 0 aromatic heterocycles. The van der Waals surface area contributed by atoms with Crippen molar-refractivity contribution in [2.75, 3.05) is 6.26 Å². The van der Waals surface area contributed by atoms with Crippen molar-refractivity contribution in [3.05, 3.63) is 35.4 Å². The number of aliphatic carboxylic acids is 1. The number of hydrogen-bond acceptors (Lipinski definition) is 2. The van der Waals surface area contributed by atoms with Crippen LogP contribution in [0, 0.1) is 0 Å². The number of benzene rings is 1. The second kappa shape index (κ2) is 4.91. The normalized spacial score (nSPS) is 14.8. The molecule has 0 fully saturated rings. The highest BCUT2D eigenvalue weighted by atomic mass is 32.2. The van der Waals surface area contributed by atoms with Crippen LogP contribution in [0.2, 0.25) is 0 Å². The minimum absolute atomic E-state index is 0.472. The van der Waals surface area contributed by atoms with Crippen molar-refractivity contribution >= 4 is 17.7 Å². The molecule has 0 heterocycles. The van der Waals surface area contributed by atoms with Crippen molar-refractivity contribution in [3.63, 3.8) is 0 Å². The average molecular weight is 238 g/mol. The summed E-state index contributed by atoms with van der Waals surface area (Å²) in [7, 11) is 0. The van der Waals surface area contributed by atoms with Crippen molar-refractivity contribution in [3.8, 4) is 0 Å². The lowest BCUT2D eigenvalue weighted by molar-refractivity contribution is -0.139. The van der Waals surface area contributed by atoms with E-state index >= 15 is 0 Å². The molecule has 0 aliphatic carbocycles. The minimum atomic E-state index is -0.852. The minimum Gasteiger partial charge on any atom is -0.480 e. The fourth-order valence-corrected chi connectivity index (χ4v) is 2.06. The van der Waals surface area contributed by atoms with E-state index in [1.807, 2.05) is 30.5 Å². The molecule has 0 bridgehead atoms. The van der Waals surface area contributed by atoms with E-state index in [0.717, 1.165) is 5.56 Å². The van der Waals surface area contributed by atoms with Crippen molar-refractivity contribution < 1.29 is 9.90 Å². The van der Waals surface area contributed by atoms with Crippen molar-refractivity contribution in [1.29, 1.82) is 0 Å². The number of thioether (sulfide) groups is 1. The topological polar surface area (TPSA) is 37.3 Å². The molecule has 0 amide bonds. The van der Waals surface area contributed by atoms with Gasteiger partial charge in [-0.25, -0.2) is 0 Å². The molecule has 0 saturated carbocycles. The van der Waals surface area contributed by atoms with Gasteiger partial charge in [0.25, 0.3) is 0 Å². The van der Waals surface area contributed by atoms with Crippen LogP contribution in [0.25, 0.3) is 0 Å². The zero-order chi connectivity index (χ0) is 12.3. The van der Waals surface area contributed by atoms with Gasteiger partial charge in [-0.15, -0.1) is 11.8 Å². The third-order valence-corrected chi connectivity index (χ3v) is 4.17. The van der Waals surface area contributed by atoms with Gasteiger partial charge in [0.1, 0.15) is 4.75 Å². The van der Waals surface area contributed by atoms with Gasteiger partial charge in [-0.2, -0.15) is 0 Å². The SMILES string of the molecule is CSC(C)(C(=O)O)c1ccc(C(C)C)cc1. The third-order valence-electron chi connectivity index (χ3n) is 2.94. The highest BCUT2D eigenvalue weighted by Gasteiger charge is 2.34. The molecule has 0 aliphatic rings. The zero-order valence-corrected chi connectivity index (χ0v) is 11.0. The van der Waals surface area contributed by atoms with E-state index in [1.54, 1.807) is 6.92 Å². The molecule has 16 heavy (non-hydrogen) atoms. The molecular formula is C13H18O2S. The van der Waals surface area contributed by atoms with Crippen LogP contribution >= 0.6 is 11.8 Å². The highest BCUT2D eigenvalue weighted by molar-refractivity contribution is 8.00. The Kier molecular flexibility index (Phi) is 4.03. The lowest BCUT2D eigenvalue weighted by Crippen LogP contribution is -2.28. The fraction of sp³-hybridized carbons (Fsp3) is 0.462. The molecule has 1 rings (SSSR count). The Bertz CT molecular complexity index is 370. The number of carboxylic acids is 1. The maximum absolute atomic E-state index is 11.3. The summed E-state index contributed by atoms with van der Waals surface area (Å²) in [5.41, 5.74) is 2.08. The fourth-order valence-electron chi connectivity index (χ4n) is 1.51. The van der Waals surface area contributed by atoms with Crippen LogP contribution < -0.4 is 0 Å². The van der Waals surface area contributed by atoms with Crippen LogP contribution in [-0.4, -0.2) is 17.3 Å². The first-order valence-electron chi connectivity index (χ1n) is 5.30. The Hall–Kier alpha value is -0.960. The van der Waals surface area contributed by atoms with Crippen LogP contribution in [0.4, 0.5) is 0 Å². The summed E-state index contributed by atoms with van der Waals surface area (Å²) < 4.78 is -0.852. The summed E-state index contributed by atoms with van der Waals surface area (Å²) in [6, 6.07) is 7.86. The molecule has 1 aromatic carbocycles.